The summed E-state index contributed by atoms with van der Waals surface area (Å²) in [6, 6.07) is 1.70. The minimum Gasteiger partial charge on any atom is -0.481 e. The number of likely N-dealkylation sites (tertiary alicyclic amines) is 1. The summed E-state index contributed by atoms with van der Waals surface area (Å²) in [5.41, 5.74) is 0.434. The van der Waals surface area contributed by atoms with Gasteiger partial charge < -0.3 is 26.0 Å². The molecule has 4 amide bonds. The Kier molecular flexibility index (Phi) is 11.6. The van der Waals surface area contributed by atoms with Crippen LogP contribution in [0.25, 0.3) is 0 Å². The first-order chi connectivity index (χ1) is 18.8. The second-order valence-electron chi connectivity index (χ2n) is 9.40. The lowest BCUT2D eigenvalue weighted by Crippen LogP contribution is -2.55. The summed E-state index contributed by atoms with van der Waals surface area (Å²) in [7, 11) is 0. The number of hydrogen-bond donors (Lipinski definition) is 4. The molecular weight excluding hydrogens is 537 g/mol. The van der Waals surface area contributed by atoms with Gasteiger partial charge in [0.25, 0.3) is 17.6 Å². The van der Waals surface area contributed by atoms with Gasteiger partial charge in [-0.2, -0.15) is 13.2 Å². The van der Waals surface area contributed by atoms with Gasteiger partial charge in [-0.15, -0.1) is 0 Å². The largest absolute Gasteiger partial charge is 0.481 e. The third kappa shape index (κ3) is 9.06. The molecule has 2 rings (SSSR count). The Morgan fingerprint density at radius 1 is 1.00 bits per heavy atom. The molecule has 2 unspecified atom stereocenters. The number of carboxylic acid groups (broad SMARTS) is 1. The number of carboxylic acids is 1. The lowest BCUT2D eigenvalue weighted by atomic mass is 10.1. The molecule has 11 nitrogen and oxygen atoms in total. The Morgan fingerprint density at radius 2 is 1.60 bits per heavy atom. The van der Waals surface area contributed by atoms with Gasteiger partial charge in [0.1, 0.15) is 12.1 Å². The van der Waals surface area contributed by atoms with Crippen LogP contribution in [0.2, 0.25) is 0 Å². The minimum absolute atomic E-state index is 0.00844. The van der Waals surface area contributed by atoms with Gasteiger partial charge in [-0.1, -0.05) is 6.92 Å². The molecule has 1 aliphatic heterocycles. The fourth-order valence-corrected chi connectivity index (χ4v) is 4.19. The van der Waals surface area contributed by atoms with Gasteiger partial charge in [-0.05, 0) is 63.3 Å². The number of carbonyl (C=O) groups excluding carboxylic acids is 5. The molecule has 0 radical (unpaired) electrons. The molecule has 0 saturated carbocycles. The summed E-state index contributed by atoms with van der Waals surface area (Å²) in [5, 5.41) is 15.9. The van der Waals surface area contributed by atoms with Gasteiger partial charge in [-0.25, -0.2) is 0 Å². The van der Waals surface area contributed by atoms with Gasteiger partial charge in [0.15, 0.2) is 0 Å². The molecule has 0 bridgehead atoms. The van der Waals surface area contributed by atoms with Crippen LogP contribution in [0.4, 0.5) is 13.2 Å². The number of nitrogens with one attached hydrogen (secondary N) is 3. The number of hydrogen-bond acceptors (Lipinski definition) is 6. The molecule has 1 heterocycles. The lowest BCUT2D eigenvalue weighted by Gasteiger charge is -2.28. The van der Waals surface area contributed by atoms with Crippen molar-refractivity contribution in [2.24, 2.45) is 0 Å². The van der Waals surface area contributed by atoms with Crippen molar-refractivity contribution in [1.82, 2.24) is 20.9 Å². The maximum atomic E-state index is 13.0. The third-order valence-electron chi connectivity index (χ3n) is 6.39. The van der Waals surface area contributed by atoms with Gasteiger partial charge in [0, 0.05) is 30.6 Å². The van der Waals surface area contributed by atoms with Crippen LogP contribution in [-0.4, -0.2) is 82.8 Å². The highest BCUT2D eigenvalue weighted by Gasteiger charge is 2.44. The Labute approximate surface area is 228 Å². The standard InChI is InChI=1S/C26H33F3N4O7/c1-3-18(21(36)26(27,28)29)32-24(39)19-7-6-14-33(19)25(40)15(2)31-23(38)17-11-9-16(10-12-17)22(37)30-13-5-4-8-20(34)35/h9-12,15,18-19H,3-8,13-14H2,1-2H3,(H,30,37)(H,31,38)(H,32,39)(H,34,35)/t15?,18?,19-/m0/s1. The predicted octanol–water partition coefficient (Wildman–Crippen LogP) is 1.81. The second kappa shape index (κ2) is 14.4. The zero-order valence-corrected chi connectivity index (χ0v) is 22.2. The molecule has 1 fully saturated rings. The van der Waals surface area contributed by atoms with Gasteiger partial charge in [-0.3, -0.25) is 28.8 Å². The molecule has 220 valence electrons. The van der Waals surface area contributed by atoms with E-state index in [0.29, 0.717) is 25.8 Å². The van der Waals surface area contributed by atoms with E-state index in [1.54, 1.807) is 0 Å². The average molecular weight is 571 g/mol. The Hall–Kier alpha value is -3.97. The fraction of sp³-hybridized carbons (Fsp3) is 0.538. The molecule has 40 heavy (non-hydrogen) atoms. The number of benzene rings is 1. The molecule has 4 N–H and O–H groups in total. The molecule has 0 spiro atoms. The Morgan fingerprint density at radius 3 is 2.15 bits per heavy atom. The van der Waals surface area contributed by atoms with Crippen molar-refractivity contribution in [3.05, 3.63) is 35.4 Å². The maximum absolute atomic E-state index is 13.0. The molecule has 14 heteroatoms. The first-order valence-corrected chi connectivity index (χ1v) is 12.9. The van der Waals surface area contributed by atoms with Crippen LogP contribution in [-0.2, 0) is 19.2 Å². The first kappa shape index (κ1) is 32.2. The van der Waals surface area contributed by atoms with Crippen molar-refractivity contribution in [1.29, 1.82) is 0 Å². The summed E-state index contributed by atoms with van der Waals surface area (Å²) in [6.07, 6.45) is -3.85. The number of aliphatic carboxylic acids is 1. The van der Waals surface area contributed by atoms with Crippen LogP contribution in [0.1, 0.15) is 73.1 Å². The smallest absolute Gasteiger partial charge is 0.452 e. The Balaban J connectivity index is 1.93. The van der Waals surface area contributed by atoms with E-state index >= 15 is 0 Å². The average Bonchev–Trinajstić information content (AvgIpc) is 3.40. The van der Waals surface area contributed by atoms with Crippen molar-refractivity contribution in [3.8, 4) is 0 Å². The minimum atomic E-state index is -5.11. The highest BCUT2D eigenvalue weighted by atomic mass is 19.4. The van der Waals surface area contributed by atoms with E-state index in [1.807, 2.05) is 0 Å². The summed E-state index contributed by atoms with van der Waals surface area (Å²) in [4.78, 5) is 73.8. The number of Topliss-reactive ketones (excluding diaryl/α,β-unsaturated/α-hetero) is 1. The predicted molar refractivity (Wildman–Crippen MR) is 135 cm³/mol. The number of carbonyl (C=O) groups is 6. The molecule has 1 aliphatic rings. The summed E-state index contributed by atoms with van der Waals surface area (Å²) >= 11 is 0. The number of amides is 4. The number of halogens is 3. The highest BCUT2D eigenvalue weighted by molar-refractivity contribution is 6.00. The maximum Gasteiger partial charge on any atom is 0.452 e. The third-order valence-corrected chi connectivity index (χ3v) is 6.39. The molecule has 0 aliphatic carbocycles. The first-order valence-electron chi connectivity index (χ1n) is 12.9. The van der Waals surface area contributed by atoms with Gasteiger partial charge in [0.05, 0.1) is 6.04 Å². The van der Waals surface area contributed by atoms with Gasteiger partial charge >= 0.3 is 12.1 Å². The van der Waals surface area contributed by atoms with Crippen molar-refractivity contribution in [3.63, 3.8) is 0 Å². The van der Waals surface area contributed by atoms with Crippen LogP contribution < -0.4 is 16.0 Å². The van der Waals surface area contributed by atoms with Crippen LogP contribution >= 0.6 is 0 Å². The molecule has 1 saturated heterocycles. The molecule has 3 atom stereocenters. The summed E-state index contributed by atoms with van der Waals surface area (Å²) in [6.45, 7) is 3.18. The van der Waals surface area contributed by atoms with E-state index in [9.17, 15) is 41.9 Å². The van der Waals surface area contributed by atoms with Crippen molar-refractivity contribution in [2.45, 2.75) is 76.7 Å². The second-order valence-corrected chi connectivity index (χ2v) is 9.40. The summed E-state index contributed by atoms with van der Waals surface area (Å²) < 4.78 is 38.4. The molecule has 1 aromatic carbocycles. The van der Waals surface area contributed by atoms with Crippen molar-refractivity contribution in [2.75, 3.05) is 13.1 Å². The molecule has 0 aromatic heterocycles. The number of unbranched alkanes of at least 4 members (excludes halogenated alkanes) is 1. The zero-order chi connectivity index (χ0) is 30.0. The van der Waals surface area contributed by atoms with Crippen LogP contribution in [0.5, 0.6) is 0 Å². The number of ketones is 1. The SMILES string of the molecule is CCC(NC(=O)[C@@H]1CCCN1C(=O)C(C)NC(=O)c1ccc(C(=O)NCCCCC(=O)O)cc1)C(=O)C(F)(F)F. The van der Waals surface area contributed by atoms with Crippen molar-refractivity contribution >= 4 is 35.4 Å². The van der Waals surface area contributed by atoms with Gasteiger partial charge in [0.2, 0.25) is 11.8 Å². The van der Waals surface area contributed by atoms with E-state index in [0.717, 1.165) is 0 Å². The molecular formula is C26H33F3N4O7. The lowest BCUT2D eigenvalue weighted by molar-refractivity contribution is -0.174. The topological polar surface area (TPSA) is 162 Å². The van der Waals surface area contributed by atoms with Crippen LogP contribution in [0, 0.1) is 0 Å². The normalized spacial score (nSPS) is 16.5. The van der Waals surface area contributed by atoms with E-state index < -0.39 is 59.7 Å². The van der Waals surface area contributed by atoms with Crippen molar-refractivity contribution < 1.29 is 47.0 Å². The number of rotatable bonds is 13. The summed E-state index contributed by atoms with van der Waals surface area (Å²) in [5.74, 6) is -5.48. The Bertz CT molecular complexity index is 1110. The van der Waals surface area contributed by atoms with E-state index in [-0.39, 0.29) is 36.9 Å². The molecule has 1 aromatic rings. The number of alkyl halides is 3. The van der Waals surface area contributed by atoms with E-state index in [2.05, 4.69) is 16.0 Å². The van der Waals surface area contributed by atoms with Crippen LogP contribution in [0.15, 0.2) is 24.3 Å². The van der Waals surface area contributed by atoms with E-state index in [1.165, 1.54) is 43.0 Å². The number of nitrogens with zero attached hydrogens (tertiary/aromatic N) is 1. The monoisotopic (exact) mass is 570 g/mol. The zero-order valence-electron chi connectivity index (χ0n) is 22.2. The van der Waals surface area contributed by atoms with E-state index in [4.69, 9.17) is 5.11 Å². The highest BCUT2D eigenvalue weighted by Crippen LogP contribution is 2.22. The quantitative estimate of drug-likeness (QED) is 0.263. The fourth-order valence-electron chi connectivity index (χ4n) is 4.19. The van der Waals surface area contributed by atoms with Crippen LogP contribution in [0.3, 0.4) is 0 Å².